The number of nitrogens with one attached hydrogen (secondary N) is 1. The van der Waals surface area contributed by atoms with Crippen molar-refractivity contribution in [2.24, 2.45) is 5.41 Å². The summed E-state index contributed by atoms with van der Waals surface area (Å²) in [5.74, 6) is 0. The van der Waals surface area contributed by atoms with E-state index in [0.29, 0.717) is 6.54 Å². The average Bonchev–Trinajstić information content (AvgIpc) is 2.49. The van der Waals surface area contributed by atoms with Gasteiger partial charge in [-0.3, -0.25) is 10.1 Å². The van der Waals surface area contributed by atoms with Gasteiger partial charge >= 0.3 is 0 Å². The second-order valence-electron chi connectivity index (χ2n) is 6.14. The van der Waals surface area contributed by atoms with E-state index < -0.39 is 0 Å². The Kier molecular flexibility index (Phi) is 5.31. The number of aliphatic hydroxyl groups excluding tert-OH is 1. The Hall–Kier alpha value is -1.46. The molecule has 0 bridgehead atoms. The maximum atomic E-state index is 10.9. The summed E-state index contributed by atoms with van der Waals surface area (Å²) >= 11 is 0. The molecule has 1 aromatic carbocycles. The van der Waals surface area contributed by atoms with E-state index in [1.54, 1.807) is 13.0 Å². The summed E-state index contributed by atoms with van der Waals surface area (Å²) in [6.45, 7) is 3.38. The smallest absolute Gasteiger partial charge is 0.272 e. The van der Waals surface area contributed by atoms with Crippen LogP contribution in [0.2, 0.25) is 0 Å². The van der Waals surface area contributed by atoms with Crippen molar-refractivity contribution in [1.29, 1.82) is 0 Å². The van der Waals surface area contributed by atoms with E-state index in [1.807, 2.05) is 6.07 Å². The Labute approximate surface area is 125 Å². The van der Waals surface area contributed by atoms with Crippen molar-refractivity contribution in [3.63, 3.8) is 0 Å². The highest BCUT2D eigenvalue weighted by molar-refractivity contribution is 5.44. The number of rotatable bonds is 6. The second kappa shape index (κ2) is 7.00. The first-order valence-corrected chi connectivity index (χ1v) is 7.62. The zero-order chi connectivity index (χ0) is 15.3. The van der Waals surface area contributed by atoms with Crippen molar-refractivity contribution in [2.75, 3.05) is 13.2 Å². The van der Waals surface area contributed by atoms with E-state index in [4.69, 9.17) is 0 Å². The van der Waals surface area contributed by atoms with E-state index in [0.717, 1.165) is 30.5 Å². The number of aliphatic hydroxyl groups is 1. The van der Waals surface area contributed by atoms with Crippen molar-refractivity contribution in [1.82, 2.24) is 5.32 Å². The largest absolute Gasteiger partial charge is 0.396 e. The van der Waals surface area contributed by atoms with Crippen LogP contribution in [0.1, 0.15) is 43.2 Å². The predicted molar refractivity (Wildman–Crippen MR) is 82.1 cm³/mol. The van der Waals surface area contributed by atoms with Crippen LogP contribution in [0.5, 0.6) is 0 Å². The summed E-state index contributed by atoms with van der Waals surface area (Å²) in [7, 11) is 0. The maximum absolute atomic E-state index is 10.9. The fourth-order valence-corrected chi connectivity index (χ4v) is 3.21. The second-order valence-corrected chi connectivity index (χ2v) is 6.14. The predicted octanol–water partition coefficient (Wildman–Crippen LogP) is 2.94. The lowest BCUT2D eigenvalue weighted by molar-refractivity contribution is -0.385. The van der Waals surface area contributed by atoms with Gasteiger partial charge in [-0.2, -0.15) is 0 Å². The van der Waals surface area contributed by atoms with E-state index >= 15 is 0 Å². The molecule has 5 nitrogen and oxygen atoms in total. The van der Waals surface area contributed by atoms with E-state index in [1.165, 1.54) is 25.3 Å². The summed E-state index contributed by atoms with van der Waals surface area (Å²) in [5, 5.41) is 24.0. The molecule has 0 heterocycles. The molecule has 1 saturated carbocycles. The van der Waals surface area contributed by atoms with E-state index in [9.17, 15) is 15.2 Å². The van der Waals surface area contributed by atoms with Crippen molar-refractivity contribution >= 4 is 5.69 Å². The number of nitro groups is 1. The van der Waals surface area contributed by atoms with Gasteiger partial charge in [0.1, 0.15) is 0 Å². The first-order valence-electron chi connectivity index (χ1n) is 7.62. The highest BCUT2D eigenvalue weighted by Crippen LogP contribution is 2.35. The van der Waals surface area contributed by atoms with Crippen molar-refractivity contribution in [3.8, 4) is 0 Å². The Balaban J connectivity index is 1.97. The summed E-state index contributed by atoms with van der Waals surface area (Å²) < 4.78 is 0. The van der Waals surface area contributed by atoms with Crippen LogP contribution >= 0.6 is 0 Å². The normalized spacial score (nSPS) is 17.6. The lowest BCUT2D eigenvalue weighted by Crippen LogP contribution is -2.38. The summed E-state index contributed by atoms with van der Waals surface area (Å²) in [6.07, 6.45) is 5.73. The number of nitrogens with zero attached hydrogens (tertiary/aromatic N) is 1. The quantitative estimate of drug-likeness (QED) is 0.624. The van der Waals surface area contributed by atoms with Gasteiger partial charge in [-0.1, -0.05) is 31.4 Å². The minimum atomic E-state index is -0.338. The Morgan fingerprint density at radius 2 is 2.05 bits per heavy atom. The van der Waals surface area contributed by atoms with Crippen LogP contribution in [0.25, 0.3) is 0 Å². The molecule has 1 fully saturated rings. The van der Waals surface area contributed by atoms with Gasteiger partial charge in [-0.15, -0.1) is 0 Å². The molecule has 0 amide bonds. The first-order chi connectivity index (χ1) is 10.1. The van der Waals surface area contributed by atoms with Crippen molar-refractivity contribution in [3.05, 3.63) is 39.4 Å². The van der Waals surface area contributed by atoms with Gasteiger partial charge in [-0.05, 0) is 25.3 Å². The van der Waals surface area contributed by atoms with Crippen molar-refractivity contribution in [2.45, 2.75) is 45.6 Å². The van der Waals surface area contributed by atoms with Crippen LogP contribution in [0.4, 0.5) is 5.69 Å². The minimum Gasteiger partial charge on any atom is -0.396 e. The average molecular weight is 292 g/mol. The molecule has 21 heavy (non-hydrogen) atoms. The maximum Gasteiger partial charge on any atom is 0.272 e. The highest BCUT2D eigenvalue weighted by atomic mass is 16.6. The molecule has 2 rings (SSSR count). The first kappa shape index (κ1) is 15.9. The van der Waals surface area contributed by atoms with Gasteiger partial charge in [-0.25, -0.2) is 0 Å². The topological polar surface area (TPSA) is 75.4 Å². The molecular formula is C16H24N2O3. The molecule has 0 unspecified atom stereocenters. The zero-order valence-electron chi connectivity index (χ0n) is 12.6. The molecular weight excluding hydrogens is 268 g/mol. The van der Waals surface area contributed by atoms with E-state index in [-0.39, 0.29) is 22.6 Å². The molecule has 116 valence electrons. The molecule has 0 atom stereocenters. The van der Waals surface area contributed by atoms with E-state index in [2.05, 4.69) is 5.32 Å². The van der Waals surface area contributed by atoms with Crippen molar-refractivity contribution < 1.29 is 10.0 Å². The molecule has 0 saturated heterocycles. The number of benzene rings is 1. The van der Waals surface area contributed by atoms with Gasteiger partial charge < -0.3 is 10.4 Å². The molecule has 0 aliphatic heterocycles. The fraction of sp³-hybridized carbons (Fsp3) is 0.625. The van der Waals surface area contributed by atoms with Crippen LogP contribution in [-0.2, 0) is 6.54 Å². The third kappa shape index (κ3) is 3.80. The molecule has 0 spiro atoms. The van der Waals surface area contributed by atoms with Crippen LogP contribution < -0.4 is 5.32 Å². The summed E-state index contributed by atoms with van der Waals surface area (Å²) in [4.78, 5) is 10.6. The lowest BCUT2D eigenvalue weighted by atomic mass is 9.74. The third-order valence-corrected chi connectivity index (χ3v) is 4.68. The number of nitro benzene ring substituents is 1. The molecule has 1 aliphatic carbocycles. The number of hydrogen-bond acceptors (Lipinski definition) is 4. The van der Waals surface area contributed by atoms with Crippen LogP contribution in [0.3, 0.4) is 0 Å². The third-order valence-electron chi connectivity index (χ3n) is 4.68. The van der Waals surface area contributed by atoms with Gasteiger partial charge in [0, 0.05) is 36.7 Å². The van der Waals surface area contributed by atoms with Gasteiger partial charge in [0.25, 0.3) is 5.69 Å². The summed E-state index contributed by atoms with van der Waals surface area (Å²) in [5.41, 5.74) is 1.83. The molecule has 2 N–H and O–H groups in total. The Bertz CT molecular complexity index is 496. The molecule has 1 aliphatic rings. The molecule has 1 aromatic rings. The number of hydrogen-bond donors (Lipinski definition) is 2. The Morgan fingerprint density at radius 3 is 2.67 bits per heavy atom. The van der Waals surface area contributed by atoms with Gasteiger partial charge in [0.05, 0.1) is 4.92 Å². The SMILES string of the molecule is Cc1c(CNCC2(CO)CCCCC2)cccc1[N+](=O)[O-]. The fourth-order valence-electron chi connectivity index (χ4n) is 3.21. The minimum absolute atomic E-state index is 0.00707. The van der Waals surface area contributed by atoms with Crippen LogP contribution in [0.15, 0.2) is 18.2 Å². The highest BCUT2D eigenvalue weighted by Gasteiger charge is 2.30. The lowest BCUT2D eigenvalue weighted by Gasteiger charge is -2.35. The monoisotopic (exact) mass is 292 g/mol. The van der Waals surface area contributed by atoms with Crippen LogP contribution in [-0.4, -0.2) is 23.2 Å². The molecule has 5 heteroatoms. The summed E-state index contributed by atoms with van der Waals surface area (Å²) in [6, 6.07) is 5.18. The van der Waals surface area contributed by atoms with Gasteiger partial charge in [0.2, 0.25) is 0 Å². The Morgan fingerprint density at radius 1 is 1.33 bits per heavy atom. The zero-order valence-corrected chi connectivity index (χ0v) is 12.6. The van der Waals surface area contributed by atoms with Gasteiger partial charge in [0.15, 0.2) is 0 Å². The standard InChI is InChI=1S/C16H24N2O3/c1-13-14(6-5-7-15(13)18(20)21)10-17-11-16(12-19)8-3-2-4-9-16/h5-7,17,19H,2-4,8-12H2,1H3. The molecule has 0 radical (unpaired) electrons. The molecule has 0 aromatic heterocycles. The van der Waals surface area contributed by atoms with Crippen LogP contribution in [0, 0.1) is 22.5 Å².